The maximum atomic E-state index is 12.5. The molecule has 0 heterocycles. The first-order valence-corrected chi connectivity index (χ1v) is 7.77. The molecular weight excluding hydrogens is 264 g/mol. The van der Waals surface area contributed by atoms with Gasteiger partial charge < -0.3 is 4.74 Å². The van der Waals surface area contributed by atoms with Gasteiger partial charge in [-0.1, -0.05) is 45.9 Å². The molecule has 1 amide bonds. The predicted molar refractivity (Wildman–Crippen MR) is 86.3 cm³/mol. The van der Waals surface area contributed by atoms with Gasteiger partial charge in [0.15, 0.2) is 0 Å². The van der Waals surface area contributed by atoms with Crippen molar-refractivity contribution in [2.45, 2.75) is 40.0 Å². The molecule has 1 rings (SSSR count). The highest BCUT2D eigenvalue weighted by Crippen LogP contribution is 2.34. The van der Waals surface area contributed by atoms with E-state index in [1.165, 1.54) is 0 Å². The van der Waals surface area contributed by atoms with Crippen LogP contribution in [0, 0.1) is 5.92 Å². The van der Waals surface area contributed by atoms with Crippen LogP contribution in [0.3, 0.4) is 0 Å². The Balaban J connectivity index is 2.90. The van der Waals surface area contributed by atoms with Gasteiger partial charge in [0.1, 0.15) is 5.75 Å². The number of methoxy groups -OCH3 is 1. The van der Waals surface area contributed by atoms with Crippen molar-refractivity contribution in [3.05, 3.63) is 29.8 Å². The molecule has 4 nitrogen and oxygen atoms in total. The monoisotopic (exact) mass is 292 g/mol. The molecule has 0 radical (unpaired) electrons. The number of para-hydroxylation sites is 1. The standard InChI is InChI=1S/C17H28N2O2/c1-6-14(15-11-9-10-12-16(15)21-5)13(4)17(20)18-19(7-2)8-3/h9-14H,6-8H2,1-5H3,(H,18,20). The largest absolute Gasteiger partial charge is 0.496 e. The van der Waals surface area contributed by atoms with Crippen molar-refractivity contribution < 1.29 is 9.53 Å². The number of benzene rings is 1. The fourth-order valence-corrected chi connectivity index (χ4v) is 2.64. The van der Waals surface area contributed by atoms with Crippen molar-refractivity contribution in [1.29, 1.82) is 0 Å². The Morgan fingerprint density at radius 1 is 1.24 bits per heavy atom. The zero-order chi connectivity index (χ0) is 15.8. The number of carbonyl (C=O) groups is 1. The maximum absolute atomic E-state index is 12.5. The van der Waals surface area contributed by atoms with E-state index in [1.807, 2.05) is 50.0 Å². The second kappa shape index (κ2) is 8.67. The summed E-state index contributed by atoms with van der Waals surface area (Å²) in [5.41, 5.74) is 4.09. The molecule has 0 aliphatic carbocycles. The molecule has 21 heavy (non-hydrogen) atoms. The number of nitrogens with one attached hydrogen (secondary N) is 1. The lowest BCUT2D eigenvalue weighted by atomic mass is 9.84. The smallest absolute Gasteiger partial charge is 0.237 e. The molecule has 0 spiro atoms. The molecule has 0 fully saturated rings. The molecule has 0 aliphatic rings. The molecule has 118 valence electrons. The maximum Gasteiger partial charge on any atom is 0.237 e. The van der Waals surface area contributed by atoms with Gasteiger partial charge in [0, 0.05) is 19.0 Å². The van der Waals surface area contributed by atoms with Crippen LogP contribution in [0.15, 0.2) is 24.3 Å². The summed E-state index contributed by atoms with van der Waals surface area (Å²) in [6.45, 7) is 9.77. The second-order valence-electron chi connectivity index (χ2n) is 5.19. The third kappa shape index (κ3) is 4.46. The van der Waals surface area contributed by atoms with Crippen molar-refractivity contribution in [2.24, 2.45) is 5.92 Å². The van der Waals surface area contributed by atoms with Gasteiger partial charge in [-0.2, -0.15) is 0 Å². The summed E-state index contributed by atoms with van der Waals surface area (Å²) >= 11 is 0. The normalized spacial score (nSPS) is 13.8. The van der Waals surface area contributed by atoms with Crippen LogP contribution in [0.25, 0.3) is 0 Å². The van der Waals surface area contributed by atoms with E-state index < -0.39 is 0 Å². The summed E-state index contributed by atoms with van der Waals surface area (Å²) < 4.78 is 5.44. The van der Waals surface area contributed by atoms with E-state index >= 15 is 0 Å². The summed E-state index contributed by atoms with van der Waals surface area (Å²) in [7, 11) is 1.67. The molecule has 4 heteroatoms. The number of rotatable bonds is 8. The fraction of sp³-hybridized carbons (Fsp3) is 0.588. The lowest BCUT2D eigenvalue weighted by Gasteiger charge is -2.27. The number of hydrogen-bond donors (Lipinski definition) is 1. The second-order valence-corrected chi connectivity index (χ2v) is 5.19. The minimum atomic E-state index is -0.105. The van der Waals surface area contributed by atoms with Crippen LogP contribution in [0.5, 0.6) is 5.75 Å². The zero-order valence-electron chi connectivity index (χ0n) is 13.8. The van der Waals surface area contributed by atoms with Crippen LogP contribution >= 0.6 is 0 Å². The molecule has 0 bridgehead atoms. The van der Waals surface area contributed by atoms with Crippen molar-refractivity contribution in [2.75, 3.05) is 20.2 Å². The van der Waals surface area contributed by atoms with E-state index in [9.17, 15) is 4.79 Å². The van der Waals surface area contributed by atoms with Gasteiger partial charge in [0.2, 0.25) is 5.91 Å². The number of ether oxygens (including phenoxy) is 1. The zero-order valence-corrected chi connectivity index (χ0v) is 13.8. The first-order chi connectivity index (χ1) is 10.1. The van der Waals surface area contributed by atoms with Gasteiger partial charge in [-0.25, -0.2) is 5.01 Å². The van der Waals surface area contributed by atoms with E-state index in [0.717, 1.165) is 30.8 Å². The highest BCUT2D eigenvalue weighted by molar-refractivity contribution is 5.79. The first-order valence-electron chi connectivity index (χ1n) is 7.77. The van der Waals surface area contributed by atoms with Gasteiger partial charge in [-0.15, -0.1) is 0 Å². The Kier molecular flexibility index (Phi) is 7.23. The van der Waals surface area contributed by atoms with Crippen LogP contribution in [-0.4, -0.2) is 31.1 Å². The molecular formula is C17H28N2O2. The molecule has 2 unspecified atom stereocenters. The Labute approximate surface area is 128 Å². The number of amides is 1. The van der Waals surface area contributed by atoms with Crippen LogP contribution in [0.4, 0.5) is 0 Å². The quantitative estimate of drug-likeness (QED) is 0.748. The molecule has 1 aromatic rings. The van der Waals surface area contributed by atoms with E-state index in [0.29, 0.717) is 0 Å². The van der Waals surface area contributed by atoms with Crippen molar-refractivity contribution in [1.82, 2.24) is 10.4 Å². The van der Waals surface area contributed by atoms with Gasteiger partial charge in [-0.05, 0) is 24.0 Å². The topological polar surface area (TPSA) is 41.6 Å². The van der Waals surface area contributed by atoms with Gasteiger partial charge in [0.25, 0.3) is 0 Å². The number of carbonyl (C=O) groups excluding carboxylic acids is 1. The molecule has 0 saturated heterocycles. The minimum Gasteiger partial charge on any atom is -0.496 e. The number of nitrogens with zero attached hydrogens (tertiary/aromatic N) is 1. The van der Waals surface area contributed by atoms with Crippen molar-refractivity contribution in [3.8, 4) is 5.75 Å². The number of hydrogen-bond acceptors (Lipinski definition) is 3. The van der Waals surface area contributed by atoms with Crippen LogP contribution < -0.4 is 10.2 Å². The van der Waals surface area contributed by atoms with Crippen LogP contribution in [0.1, 0.15) is 45.6 Å². The van der Waals surface area contributed by atoms with Crippen LogP contribution in [-0.2, 0) is 4.79 Å². The Bertz CT molecular complexity index is 444. The van der Waals surface area contributed by atoms with Crippen molar-refractivity contribution in [3.63, 3.8) is 0 Å². The first kappa shape index (κ1) is 17.5. The predicted octanol–water partition coefficient (Wildman–Crippen LogP) is 3.20. The third-order valence-corrected chi connectivity index (χ3v) is 4.03. The summed E-state index contributed by atoms with van der Waals surface area (Å²) in [5.74, 6) is 0.965. The highest BCUT2D eigenvalue weighted by Gasteiger charge is 2.27. The lowest BCUT2D eigenvalue weighted by molar-refractivity contribution is -0.130. The van der Waals surface area contributed by atoms with Crippen molar-refractivity contribution >= 4 is 5.91 Å². The fourth-order valence-electron chi connectivity index (χ4n) is 2.64. The molecule has 1 aromatic carbocycles. The Morgan fingerprint density at radius 2 is 1.86 bits per heavy atom. The van der Waals surface area contributed by atoms with Gasteiger partial charge >= 0.3 is 0 Å². The molecule has 1 N–H and O–H groups in total. The highest BCUT2D eigenvalue weighted by atomic mass is 16.5. The molecule has 0 aliphatic heterocycles. The summed E-state index contributed by atoms with van der Waals surface area (Å²) in [4.78, 5) is 12.5. The van der Waals surface area contributed by atoms with E-state index in [1.54, 1.807) is 7.11 Å². The van der Waals surface area contributed by atoms with E-state index in [-0.39, 0.29) is 17.7 Å². The van der Waals surface area contributed by atoms with Gasteiger partial charge in [0.05, 0.1) is 7.11 Å². The van der Waals surface area contributed by atoms with Gasteiger partial charge in [-0.3, -0.25) is 10.2 Å². The van der Waals surface area contributed by atoms with Crippen LogP contribution in [0.2, 0.25) is 0 Å². The minimum absolute atomic E-state index is 0.0662. The third-order valence-electron chi connectivity index (χ3n) is 4.03. The summed E-state index contributed by atoms with van der Waals surface area (Å²) in [6, 6.07) is 7.95. The SMILES string of the molecule is CCC(c1ccccc1OC)C(C)C(=O)NN(CC)CC. The average molecular weight is 292 g/mol. The molecule has 0 saturated carbocycles. The lowest BCUT2D eigenvalue weighted by Crippen LogP contribution is -2.45. The Morgan fingerprint density at radius 3 is 2.38 bits per heavy atom. The summed E-state index contributed by atoms with van der Waals surface area (Å²) in [5, 5.41) is 1.92. The van der Waals surface area contributed by atoms with E-state index in [4.69, 9.17) is 4.74 Å². The van der Waals surface area contributed by atoms with E-state index in [2.05, 4.69) is 12.3 Å². The number of hydrazine groups is 1. The Hall–Kier alpha value is -1.55. The summed E-state index contributed by atoms with van der Waals surface area (Å²) in [6.07, 6.45) is 0.896. The average Bonchev–Trinajstić information content (AvgIpc) is 2.53. The molecule has 2 atom stereocenters. The molecule has 0 aromatic heterocycles.